The van der Waals surface area contributed by atoms with E-state index in [1.54, 1.807) is 46.8 Å². The number of hydrogen-bond donors (Lipinski definition) is 0. The van der Waals surface area contributed by atoms with Crippen LogP contribution in [0.1, 0.15) is 21.0 Å². The third-order valence-corrected chi connectivity index (χ3v) is 4.35. The molecular formula is C17H14ClNO2S. The minimum absolute atomic E-state index is 0.0403. The number of nitrogens with zero attached hydrogens (tertiary/aromatic N) is 1. The van der Waals surface area contributed by atoms with Crippen LogP contribution in [-0.4, -0.2) is 10.8 Å². The highest BCUT2D eigenvalue weighted by atomic mass is 35.5. The molecule has 2 heterocycles. The van der Waals surface area contributed by atoms with Gasteiger partial charge in [-0.1, -0.05) is 17.7 Å². The van der Waals surface area contributed by atoms with E-state index >= 15 is 0 Å². The van der Waals surface area contributed by atoms with E-state index in [9.17, 15) is 4.79 Å². The fraction of sp³-hybridized carbons (Fsp3) is 0.118. The topological polar surface area (TPSA) is 33.5 Å². The number of furan rings is 1. The van der Waals surface area contributed by atoms with Gasteiger partial charge in [0.25, 0.3) is 5.91 Å². The van der Waals surface area contributed by atoms with Gasteiger partial charge >= 0.3 is 0 Å². The Bertz CT molecular complexity index is 684. The Hall–Kier alpha value is -2.04. The van der Waals surface area contributed by atoms with Gasteiger partial charge in [-0.25, -0.2) is 0 Å². The predicted molar refractivity (Wildman–Crippen MR) is 88.1 cm³/mol. The van der Waals surface area contributed by atoms with Crippen molar-refractivity contribution in [2.75, 3.05) is 0 Å². The lowest BCUT2D eigenvalue weighted by Crippen LogP contribution is -2.29. The van der Waals surface area contributed by atoms with Crippen LogP contribution in [0, 0.1) is 0 Å². The number of halogens is 1. The molecule has 5 heteroatoms. The second kappa shape index (κ2) is 6.81. The second-order valence-corrected chi connectivity index (χ2v) is 6.30. The van der Waals surface area contributed by atoms with E-state index in [2.05, 4.69) is 0 Å². The van der Waals surface area contributed by atoms with Crippen molar-refractivity contribution in [1.82, 2.24) is 4.90 Å². The second-order valence-electron chi connectivity index (χ2n) is 4.83. The van der Waals surface area contributed by atoms with E-state index in [4.69, 9.17) is 16.0 Å². The lowest BCUT2D eigenvalue weighted by Gasteiger charge is -2.21. The standard InChI is InChI=1S/C17H14ClNO2S/c18-14-7-5-13(6-8-14)17(20)19(11-15-3-1-9-21-15)12-16-4-2-10-22-16/h1-10H,11-12H2. The fourth-order valence-electron chi connectivity index (χ4n) is 2.16. The van der Waals surface area contributed by atoms with Crippen LogP contribution in [-0.2, 0) is 13.1 Å². The molecule has 112 valence electrons. The van der Waals surface area contributed by atoms with Gasteiger partial charge in [-0.3, -0.25) is 4.79 Å². The zero-order chi connectivity index (χ0) is 15.4. The molecule has 22 heavy (non-hydrogen) atoms. The van der Waals surface area contributed by atoms with E-state index in [1.807, 2.05) is 29.6 Å². The molecule has 0 spiro atoms. The summed E-state index contributed by atoms with van der Waals surface area (Å²) in [7, 11) is 0. The Kier molecular flexibility index (Phi) is 4.61. The monoisotopic (exact) mass is 331 g/mol. The van der Waals surface area contributed by atoms with Crippen molar-refractivity contribution in [1.29, 1.82) is 0 Å². The SMILES string of the molecule is O=C(c1ccc(Cl)cc1)N(Cc1ccco1)Cc1cccs1. The molecule has 0 saturated carbocycles. The largest absolute Gasteiger partial charge is 0.467 e. The third-order valence-electron chi connectivity index (χ3n) is 3.23. The van der Waals surface area contributed by atoms with Gasteiger partial charge < -0.3 is 9.32 Å². The molecular weight excluding hydrogens is 318 g/mol. The molecule has 2 aromatic heterocycles. The van der Waals surface area contributed by atoms with Crippen LogP contribution >= 0.6 is 22.9 Å². The Morgan fingerprint density at radius 3 is 2.55 bits per heavy atom. The Labute approximate surface area is 137 Å². The summed E-state index contributed by atoms with van der Waals surface area (Å²) < 4.78 is 5.38. The molecule has 1 aromatic carbocycles. The maximum absolute atomic E-state index is 12.8. The molecule has 0 aliphatic heterocycles. The first-order valence-electron chi connectivity index (χ1n) is 6.82. The highest BCUT2D eigenvalue weighted by molar-refractivity contribution is 7.09. The summed E-state index contributed by atoms with van der Waals surface area (Å²) in [6.07, 6.45) is 1.62. The summed E-state index contributed by atoms with van der Waals surface area (Å²) >= 11 is 7.52. The normalized spacial score (nSPS) is 10.6. The van der Waals surface area contributed by atoms with Crippen molar-refractivity contribution in [2.45, 2.75) is 13.1 Å². The van der Waals surface area contributed by atoms with Gasteiger partial charge in [0.2, 0.25) is 0 Å². The number of hydrogen-bond acceptors (Lipinski definition) is 3. The van der Waals surface area contributed by atoms with Gasteiger partial charge in [-0.2, -0.15) is 0 Å². The number of carbonyl (C=O) groups excluding carboxylic acids is 1. The van der Waals surface area contributed by atoms with E-state index in [0.717, 1.165) is 10.6 Å². The minimum Gasteiger partial charge on any atom is -0.467 e. The average Bonchev–Trinajstić information content (AvgIpc) is 3.20. The molecule has 3 nitrogen and oxygen atoms in total. The molecule has 1 amide bonds. The van der Waals surface area contributed by atoms with Crippen LogP contribution in [0.2, 0.25) is 5.02 Å². The zero-order valence-electron chi connectivity index (χ0n) is 11.7. The molecule has 0 aliphatic carbocycles. The smallest absolute Gasteiger partial charge is 0.254 e. The van der Waals surface area contributed by atoms with Crippen molar-refractivity contribution in [3.63, 3.8) is 0 Å². The van der Waals surface area contributed by atoms with E-state index in [-0.39, 0.29) is 5.91 Å². The molecule has 3 rings (SSSR count). The Balaban J connectivity index is 1.83. The number of benzene rings is 1. The maximum Gasteiger partial charge on any atom is 0.254 e. The quantitative estimate of drug-likeness (QED) is 0.670. The van der Waals surface area contributed by atoms with Crippen LogP contribution in [0.4, 0.5) is 0 Å². The molecule has 0 saturated heterocycles. The van der Waals surface area contributed by atoms with Gasteiger partial charge in [-0.15, -0.1) is 11.3 Å². The Morgan fingerprint density at radius 2 is 1.91 bits per heavy atom. The highest BCUT2D eigenvalue weighted by Crippen LogP contribution is 2.18. The first kappa shape index (κ1) is 14.9. The van der Waals surface area contributed by atoms with E-state index in [0.29, 0.717) is 23.7 Å². The summed E-state index contributed by atoms with van der Waals surface area (Å²) in [4.78, 5) is 15.7. The third kappa shape index (κ3) is 3.59. The van der Waals surface area contributed by atoms with Crippen LogP contribution < -0.4 is 0 Å². The average molecular weight is 332 g/mol. The zero-order valence-corrected chi connectivity index (χ0v) is 13.3. The summed E-state index contributed by atoms with van der Waals surface area (Å²) in [6, 6.07) is 14.6. The number of carbonyl (C=O) groups is 1. The van der Waals surface area contributed by atoms with Crippen molar-refractivity contribution in [2.24, 2.45) is 0 Å². The predicted octanol–water partition coefficient (Wildman–Crippen LogP) is 4.84. The van der Waals surface area contributed by atoms with Gasteiger partial charge in [0, 0.05) is 15.5 Å². The van der Waals surface area contributed by atoms with E-state index < -0.39 is 0 Å². The van der Waals surface area contributed by atoms with Gasteiger partial charge in [0.15, 0.2) is 0 Å². The fourth-order valence-corrected chi connectivity index (χ4v) is 3.00. The lowest BCUT2D eigenvalue weighted by atomic mass is 10.2. The van der Waals surface area contributed by atoms with Gasteiger partial charge in [0.05, 0.1) is 19.4 Å². The molecule has 0 unspecified atom stereocenters. The van der Waals surface area contributed by atoms with E-state index in [1.165, 1.54) is 0 Å². The van der Waals surface area contributed by atoms with Crippen molar-refractivity contribution in [3.8, 4) is 0 Å². The van der Waals surface area contributed by atoms with Crippen LogP contribution in [0.15, 0.2) is 64.6 Å². The first-order chi connectivity index (χ1) is 10.7. The molecule has 0 bridgehead atoms. The number of thiophene rings is 1. The maximum atomic E-state index is 12.8. The summed E-state index contributed by atoms with van der Waals surface area (Å²) in [5.74, 6) is 0.723. The minimum atomic E-state index is -0.0403. The number of rotatable bonds is 5. The van der Waals surface area contributed by atoms with Crippen molar-refractivity contribution in [3.05, 3.63) is 81.4 Å². The van der Waals surface area contributed by atoms with Crippen LogP contribution in [0.3, 0.4) is 0 Å². The lowest BCUT2D eigenvalue weighted by molar-refractivity contribution is 0.0719. The molecule has 0 aliphatic rings. The Morgan fingerprint density at radius 1 is 1.09 bits per heavy atom. The molecule has 0 atom stereocenters. The van der Waals surface area contributed by atoms with Crippen LogP contribution in [0.25, 0.3) is 0 Å². The van der Waals surface area contributed by atoms with Gasteiger partial charge in [0.1, 0.15) is 5.76 Å². The summed E-state index contributed by atoms with van der Waals surface area (Å²) in [6.45, 7) is 0.992. The molecule has 3 aromatic rings. The molecule has 0 radical (unpaired) electrons. The van der Waals surface area contributed by atoms with Crippen molar-refractivity contribution >= 4 is 28.8 Å². The van der Waals surface area contributed by atoms with Gasteiger partial charge in [-0.05, 0) is 47.8 Å². The summed E-state index contributed by atoms with van der Waals surface area (Å²) in [5, 5.41) is 2.63. The van der Waals surface area contributed by atoms with Crippen molar-refractivity contribution < 1.29 is 9.21 Å². The molecule has 0 N–H and O–H groups in total. The number of amides is 1. The van der Waals surface area contributed by atoms with Crippen LogP contribution in [0.5, 0.6) is 0 Å². The first-order valence-corrected chi connectivity index (χ1v) is 8.08. The summed E-state index contributed by atoms with van der Waals surface area (Å²) in [5.41, 5.74) is 0.618. The highest BCUT2D eigenvalue weighted by Gasteiger charge is 2.18. The molecule has 0 fully saturated rings.